The molecule has 0 radical (unpaired) electrons. The number of halogens is 1. The van der Waals surface area contributed by atoms with Crippen LogP contribution in [-0.2, 0) is 0 Å². The number of carbonyl (C=O) groups is 1. The Kier molecular flexibility index (Phi) is 3.41. The van der Waals surface area contributed by atoms with Gasteiger partial charge in [0.05, 0.1) is 18.9 Å². The molecule has 0 aliphatic carbocycles. The molecule has 0 saturated carbocycles. The minimum atomic E-state index is -0.401. The maximum Gasteiger partial charge on any atom is 0.287 e. The predicted octanol–water partition coefficient (Wildman–Crippen LogP) is 3.06. The zero-order chi connectivity index (χ0) is 13.9. The van der Waals surface area contributed by atoms with Gasteiger partial charge in [0.15, 0.2) is 17.3 Å². The highest BCUT2D eigenvalue weighted by atomic mass is 19.1. The summed E-state index contributed by atoms with van der Waals surface area (Å²) in [6.07, 6.45) is 2.89. The third kappa shape index (κ3) is 2.39. The van der Waals surface area contributed by atoms with Gasteiger partial charge in [0.2, 0.25) is 0 Å². The Bertz CT molecular complexity index is 610. The number of furan rings is 1. The van der Waals surface area contributed by atoms with Crippen LogP contribution in [0.25, 0.3) is 0 Å². The molecule has 104 valence electrons. The maximum atomic E-state index is 13.8. The second-order valence-corrected chi connectivity index (χ2v) is 4.65. The zero-order valence-electron chi connectivity index (χ0n) is 10.8. The lowest BCUT2D eigenvalue weighted by Gasteiger charge is -2.17. The van der Waals surface area contributed by atoms with Gasteiger partial charge in [-0.1, -0.05) is 12.1 Å². The zero-order valence-corrected chi connectivity index (χ0v) is 10.8. The van der Waals surface area contributed by atoms with Crippen molar-refractivity contribution in [2.24, 2.45) is 0 Å². The number of para-hydroxylation sites is 1. The van der Waals surface area contributed by atoms with Crippen molar-refractivity contribution >= 4 is 5.91 Å². The topological polar surface area (TPSA) is 51.5 Å². The normalized spacial score (nSPS) is 17.8. The predicted molar refractivity (Wildman–Crippen MR) is 70.0 cm³/mol. The summed E-state index contributed by atoms with van der Waals surface area (Å²) in [5.74, 6) is -0.235. The van der Waals surface area contributed by atoms with Crippen LogP contribution >= 0.6 is 0 Å². The van der Waals surface area contributed by atoms with Crippen LogP contribution in [0.2, 0.25) is 0 Å². The van der Waals surface area contributed by atoms with Gasteiger partial charge < -0.3 is 14.5 Å². The second-order valence-electron chi connectivity index (χ2n) is 4.65. The molecule has 2 aromatic rings. The monoisotopic (exact) mass is 275 g/mol. The van der Waals surface area contributed by atoms with E-state index in [0.29, 0.717) is 18.6 Å². The summed E-state index contributed by atoms with van der Waals surface area (Å²) in [4.78, 5) is 12.0. The molecule has 1 aromatic carbocycles. The highest BCUT2D eigenvalue weighted by Crippen LogP contribution is 2.33. The van der Waals surface area contributed by atoms with Crippen LogP contribution in [0.15, 0.2) is 41.0 Å². The van der Waals surface area contributed by atoms with Crippen molar-refractivity contribution < 1.29 is 18.3 Å². The van der Waals surface area contributed by atoms with Gasteiger partial charge in [0.1, 0.15) is 0 Å². The van der Waals surface area contributed by atoms with Gasteiger partial charge in [0, 0.05) is 5.56 Å². The SMILES string of the molecule is O=C(NC1CCCOc2c(F)cccc21)c1ccco1. The van der Waals surface area contributed by atoms with Crippen molar-refractivity contribution in [3.8, 4) is 5.75 Å². The highest BCUT2D eigenvalue weighted by molar-refractivity contribution is 5.91. The molecule has 0 saturated heterocycles. The van der Waals surface area contributed by atoms with Crippen molar-refractivity contribution in [1.82, 2.24) is 5.32 Å². The molecule has 1 atom stereocenters. The summed E-state index contributed by atoms with van der Waals surface area (Å²) >= 11 is 0. The number of ether oxygens (including phenoxy) is 1. The molecule has 5 heteroatoms. The number of hydrogen-bond acceptors (Lipinski definition) is 3. The molecule has 1 N–H and O–H groups in total. The molecular formula is C15H14FNO3. The van der Waals surface area contributed by atoms with Crippen LogP contribution in [-0.4, -0.2) is 12.5 Å². The quantitative estimate of drug-likeness (QED) is 0.916. The molecule has 1 aliphatic rings. The minimum Gasteiger partial charge on any atom is -0.490 e. The summed E-state index contributed by atoms with van der Waals surface area (Å²) in [7, 11) is 0. The molecule has 1 amide bonds. The van der Waals surface area contributed by atoms with E-state index < -0.39 is 5.82 Å². The van der Waals surface area contributed by atoms with Crippen LogP contribution < -0.4 is 10.1 Å². The fourth-order valence-electron chi connectivity index (χ4n) is 2.36. The van der Waals surface area contributed by atoms with E-state index in [0.717, 1.165) is 6.42 Å². The second kappa shape index (κ2) is 5.36. The average molecular weight is 275 g/mol. The lowest BCUT2D eigenvalue weighted by atomic mass is 10.0. The first-order chi connectivity index (χ1) is 9.75. The number of fused-ring (bicyclic) bond motifs is 1. The fourth-order valence-corrected chi connectivity index (χ4v) is 2.36. The molecule has 3 rings (SSSR count). The Morgan fingerprint density at radius 3 is 3.00 bits per heavy atom. The molecule has 20 heavy (non-hydrogen) atoms. The standard InChI is InChI=1S/C15H14FNO3/c16-11-5-1-4-10-12(6-2-9-20-14(10)11)17-15(18)13-7-3-8-19-13/h1,3-5,7-8,12H,2,6,9H2,(H,17,18). The summed E-state index contributed by atoms with van der Waals surface area (Å²) in [6, 6.07) is 7.72. The molecule has 0 spiro atoms. The van der Waals surface area contributed by atoms with Crippen molar-refractivity contribution in [3.05, 3.63) is 53.7 Å². The third-order valence-electron chi connectivity index (χ3n) is 3.31. The van der Waals surface area contributed by atoms with Crippen LogP contribution in [0.3, 0.4) is 0 Å². The lowest BCUT2D eigenvalue weighted by Crippen LogP contribution is -2.28. The Morgan fingerprint density at radius 2 is 2.20 bits per heavy atom. The van der Waals surface area contributed by atoms with E-state index >= 15 is 0 Å². The minimum absolute atomic E-state index is 0.231. The Labute approximate surface area is 115 Å². The summed E-state index contributed by atoms with van der Waals surface area (Å²) in [6.45, 7) is 0.445. The van der Waals surface area contributed by atoms with Gasteiger partial charge in [-0.2, -0.15) is 0 Å². The van der Waals surface area contributed by atoms with Gasteiger partial charge in [-0.25, -0.2) is 4.39 Å². The number of carbonyl (C=O) groups excluding carboxylic acids is 1. The molecular weight excluding hydrogens is 261 g/mol. The van der Waals surface area contributed by atoms with E-state index in [-0.39, 0.29) is 23.5 Å². The van der Waals surface area contributed by atoms with Gasteiger partial charge in [0.25, 0.3) is 5.91 Å². The van der Waals surface area contributed by atoms with Crippen LogP contribution in [0.1, 0.15) is 35.0 Å². The Balaban J connectivity index is 1.87. The molecule has 1 aliphatic heterocycles. The maximum absolute atomic E-state index is 13.8. The molecule has 1 aromatic heterocycles. The first kappa shape index (κ1) is 12.7. The van der Waals surface area contributed by atoms with Crippen molar-refractivity contribution in [3.63, 3.8) is 0 Å². The summed E-state index contributed by atoms with van der Waals surface area (Å²) < 4.78 is 24.3. The van der Waals surface area contributed by atoms with Crippen molar-refractivity contribution in [2.75, 3.05) is 6.61 Å². The van der Waals surface area contributed by atoms with Gasteiger partial charge in [-0.05, 0) is 31.0 Å². The number of hydrogen-bond donors (Lipinski definition) is 1. The third-order valence-corrected chi connectivity index (χ3v) is 3.31. The first-order valence-electron chi connectivity index (χ1n) is 6.51. The number of nitrogens with one attached hydrogen (secondary N) is 1. The van der Waals surface area contributed by atoms with Crippen LogP contribution in [0, 0.1) is 5.82 Å². The summed E-state index contributed by atoms with van der Waals surface area (Å²) in [5.41, 5.74) is 0.669. The number of amides is 1. The van der Waals surface area contributed by atoms with Gasteiger partial charge in [-0.3, -0.25) is 4.79 Å². The van der Waals surface area contributed by atoms with Crippen LogP contribution in [0.4, 0.5) is 4.39 Å². The number of benzene rings is 1. The fraction of sp³-hybridized carbons (Fsp3) is 0.267. The average Bonchev–Trinajstić information content (AvgIpc) is 2.90. The van der Waals surface area contributed by atoms with E-state index in [2.05, 4.69) is 5.32 Å². The molecule has 2 heterocycles. The van der Waals surface area contributed by atoms with E-state index in [9.17, 15) is 9.18 Å². The molecule has 0 bridgehead atoms. The highest BCUT2D eigenvalue weighted by Gasteiger charge is 2.24. The Morgan fingerprint density at radius 1 is 1.30 bits per heavy atom. The lowest BCUT2D eigenvalue weighted by molar-refractivity contribution is 0.0906. The van der Waals surface area contributed by atoms with E-state index in [1.54, 1.807) is 24.3 Å². The van der Waals surface area contributed by atoms with E-state index in [1.807, 2.05) is 0 Å². The van der Waals surface area contributed by atoms with Gasteiger partial charge in [-0.15, -0.1) is 0 Å². The van der Waals surface area contributed by atoms with Crippen LogP contribution in [0.5, 0.6) is 5.75 Å². The molecule has 1 unspecified atom stereocenters. The molecule has 4 nitrogen and oxygen atoms in total. The first-order valence-corrected chi connectivity index (χ1v) is 6.51. The Hall–Kier alpha value is -2.30. The smallest absolute Gasteiger partial charge is 0.287 e. The summed E-state index contributed by atoms with van der Waals surface area (Å²) in [5, 5.41) is 2.87. The van der Waals surface area contributed by atoms with Crippen molar-refractivity contribution in [2.45, 2.75) is 18.9 Å². The van der Waals surface area contributed by atoms with E-state index in [4.69, 9.17) is 9.15 Å². The van der Waals surface area contributed by atoms with E-state index in [1.165, 1.54) is 12.3 Å². The number of rotatable bonds is 2. The van der Waals surface area contributed by atoms with Crippen molar-refractivity contribution in [1.29, 1.82) is 0 Å². The van der Waals surface area contributed by atoms with Gasteiger partial charge >= 0.3 is 0 Å². The largest absolute Gasteiger partial charge is 0.490 e. The molecule has 0 fully saturated rings.